The number of piperazine rings is 1. The Morgan fingerprint density at radius 3 is 2.58 bits per heavy atom. The van der Waals surface area contributed by atoms with Crippen LogP contribution in [0.3, 0.4) is 0 Å². The fourth-order valence-electron chi connectivity index (χ4n) is 2.85. The van der Waals surface area contributed by atoms with Gasteiger partial charge in [0.25, 0.3) is 0 Å². The van der Waals surface area contributed by atoms with E-state index in [2.05, 4.69) is 33.3 Å². The van der Waals surface area contributed by atoms with Crippen LogP contribution in [0, 0.1) is 0 Å². The Bertz CT molecular complexity index is 408. The van der Waals surface area contributed by atoms with Gasteiger partial charge in [0, 0.05) is 45.3 Å². The van der Waals surface area contributed by atoms with Gasteiger partial charge in [0.15, 0.2) is 0 Å². The lowest BCUT2D eigenvalue weighted by molar-refractivity contribution is 0.120. The van der Waals surface area contributed by atoms with Gasteiger partial charge < -0.3 is 5.32 Å². The van der Waals surface area contributed by atoms with Gasteiger partial charge in [-0.15, -0.1) is 0 Å². The fraction of sp³-hybridized carbons (Fsp3) is 0.667. The minimum atomic E-state index is 0.850. The van der Waals surface area contributed by atoms with E-state index in [0.717, 1.165) is 24.8 Å². The highest BCUT2D eigenvalue weighted by Crippen LogP contribution is 2.27. The molecular weight excluding hydrogens is 236 g/mol. The van der Waals surface area contributed by atoms with Crippen LogP contribution in [0.15, 0.2) is 18.2 Å². The molecule has 104 valence electrons. The van der Waals surface area contributed by atoms with E-state index in [0.29, 0.717) is 0 Å². The third kappa shape index (κ3) is 3.53. The van der Waals surface area contributed by atoms with Gasteiger partial charge in [-0.3, -0.25) is 14.8 Å². The molecule has 0 aromatic carbocycles. The molecule has 2 fully saturated rings. The fourth-order valence-corrected chi connectivity index (χ4v) is 2.85. The molecular formula is C15H24N4. The summed E-state index contributed by atoms with van der Waals surface area (Å²) in [5.41, 5.74) is 2.34. The highest BCUT2D eigenvalue weighted by molar-refractivity contribution is 5.11. The summed E-state index contributed by atoms with van der Waals surface area (Å²) < 4.78 is 0. The van der Waals surface area contributed by atoms with Crippen molar-refractivity contribution in [2.75, 3.05) is 33.2 Å². The second kappa shape index (κ2) is 5.99. The molecule has 1 aromatic rings. The second-order valence-corrected chi connectivity index (χ2v) is 5.69. The van der Waals surface area contributed by atoms with Crippen LogP contribution in [0.25, 0.3) is 0 Å². The van der Waals surface area contributed by atoms with Crippen molar-refractivity contribution in [3.8, 4) is 0 Å². The molecule has 1 aromatic heterocycles. The van der Waals surface area contributed by atoms with E-state index in [1.54, 1.807) is 0 Å². The first-order valence-corrected chi connectivity index (χ1v) is 7.41. The van der Waals surface area contributed by atoms with Crippen LogP contribution in [-0.4, -0.2) is 54.1 Å². The lowest BCUT2D eigenvalue weighted by Gasteiger charge is -2.34. The van der Waals surface area contributed by atoms with E-state index in [9.17, 15) is 0 Å². The first-order valence-electron chi connectivity index (χ1n) is 7.41. The number of aromatic nitrogens is 1. The minimum absolute atomic E-state index is 0.850. The molecule has 1 aliphatic carbocycles. The van der Waals surface area contributed by atoms with Gasteiger partial charge in [-0.25, -0.2) is 0 Å². The Balaban J connectivity index is 1.52. The van der Waals surface area contributed by atoms with Crippen LogP contribution >= 0.6 is 0 Å². The summed E-state index contributed by atoms with van der Waals surface area (Å²) in [7, 11) is 1.96. The Hall–Kier alpha value is -0.970. The van der Waals surface area contributed by atoms with Crippen LogP contribution in [0.2, 0.25) is 0 Å². The minimum Gasteiger partial charge on any atom is -0.314 e. The van der Waals surface area contributed by atoms with E-state index in [1.807, 2.05) is 7.05 Å². The first kappa shape index (κ1) is 13.0. The molecule has 4 nitrogen and oxygen atoms in total. The number of pyridine rings is 1. The van der Waals surface area contributed by atoms with Crippen LogP contribution in [0.4, 0.5) is 0 Å². The van der Waals surface area contributed by atoms with Crippen LogP contribution < -0.4 is 5.32 Å². The highest BCUT2D eigenvalue weighted by atomic mass is 15.3. The number of rotatable bonds is 5. The Morgan fingerprint density at radius 1 is 1.16 bits per heavy atom. The maximum absolute atomic E-state index is 4.71. The molecule has 2 aliphatic rings. The Morgan fingerprint density at radius 2 is 1.89 bits per heavy atom. The van der Waals surface area contributed by atoms with Gasteiger partial charge >= 0.3 is 0 Å². The highest BCUT2D eigenvalue weighted by Gasteiger charge is 2.31. The normalized spacial score (nSPS) is 21.7. The van der Waals surface area contributed by atoms with Gasteiger partial charge in [-0.2, -0.15) is 0 Å². The zero-order valence-corrected chi connectivity index (χ0v) is 11.8. The van der Waals surface area contributed by atoms with Gasteiger partial charge in [-0.05, 0) is 32.0 Å². The predicted molar refractivity (Wildman–Crippen MR) is 76.9 cm³/mol. The van der Waals surface area contributed by atoms with E-state index in [-0.39, 0.29) is 0 Å². The lowest BCUT2D eigenvalue weighted by Crippen LogP contribution is -2.46. The summed E-state index contributed by atoms with van der Waals surface area (Å²) in [4.78, 5) is 9.89. The topological polar surface area (TPSA) is 31.4 Å². The predicted octanol–water partition coefficient (Wildman–Crippen LogP) is 1.08. The second-order valence-electron chi connectivity index (χ2n) is 5.69. The number of hydrogen-bond acceptors (Lipinski definition) is 4. The van der Waals surface area contributed by atoms with Crippen molar-refractivity contribution in [3.05, 3.63) is 29.6 Å². The summed E-state index contributed by atoms with van der Waals surface area (Å²) in [6, 6.07) is 7.27. The molecule has 0 radical (unpaired) electrons. The molecule has 0 spiro atoms. The number of hydrogen-bond donors (Lipinski definition) is 1. The lowest BCUT2D eigenvalue weighted by atomic mass is 10.2. The molecule has 1 saturated carbocycles. The van der Waals surface area contributed by atoms with E-state index >= 15 is 0 Å². The molecule has 1 aliphatic heterocycles. The number of nitrogens with zero attached hydrogens (tertiary/aromatic N) is 3. The van der Waals surface area contributed by atoms with Gasteiger partial charge in [0.1, 0.15) is 0 Å². The standard InChI is InChI=1S/C15H24N4/c1-16-11-13-3-2-4-14(17-13)12-18-7-9-19(10-8-18)15-5-6-15/h2-4,15-16H,5-12H2,1H3. The summed E-state index contributed by atoms with van der Waals surface area (Å²) in [5.74, 6) is 0. The summed E-state index contributed by atoms with van der Waals surface area (Å²) in [6.45, 7) is 6.70. The third-order valence-corrected chi connectivity index (χ3v) is 4.08. The average molecular weight is 260 g/mol. The molecule has 0 atom stereocenters. The van der Waals surface area contributed by atoms with Gasteiger partial charge in [0.2, 0.25) is 0 Å². The van der Waals surface area contributed by atoms with Crippen molar-refractivity contribution in [3.63, 3.8) is 0 Å². The van der Waals surface area contributed by atoms with Crippen molar-refractivity contribution >= 4 is 0 Å². The van der Waals surface area contributed by atoms with Crippen LogP contribution in [0.5, 0.6) is 0 Å². The molecule has 0 unspecified atom stereocenters. The molecule has 0 bridgehead atoms. The van der Waals surface area contributed by atoms with Crippen molar-refractivity contribution in [1.29, 1.82) is 0 Å². The average Bonchev–Trinajstić information content (AvgIpc) is 3.25. The van der Waals surface area contributed by atoms with Crippen molar-refractivity contribution in [1.82, 2.24) is 20.1 Å². The Labute approximate surface area is 115 Å². The zero-order chi connectivity index (χ0) is 13.1. The summed E-state index contributed by atoms with van der Waals surface area (Å²) in [5, 5.41) is 3.16. The molecule has 19 heavy (non-hydrogen) atoms. The molecule has 0 amide bonds. The molecule has 1 saturated heterocycles. The molecule has 4 heteroatoms. The van der Waals surface area contributed by atoms with Crippen molar-refractivity contribution in [2.24, 2.45) is 0 Å². The van der Waals surface area contributed by atoms with E-state index in [4.69, 9.17) is 4.98 Å². The van der Waals surface area contributed by atoms with Crippen LogP contribution in [-0.2, 0) is 13.1 Å². The number of nitrogens with one attached hydrogen (secondary N) is 1. The maximum Gasteiger partial charge on any atom is 0.0547 e. The van der Waals surface area contributed by atoms with Gasteiger partial charge in [0.05, 0.1) is 11.4 Å². The molecule has 2 heterocycles. The molecule has 3 rings (SSSR count). The van der Waals surface area contributed by atoms with Crippen molar-refractivity contribution in [2.45, 2.75) is 32.0 Å². The summed E-state index contributed by atoms with van der Waals surface area (Å²) in [6.07, 6.45) is 2.85. The quantitative estimate of drug-likeness (QED) is 0.858. The van der Waals surface area contributed by atoms with Crippen LogP contribution in [0.1, 0.15) is 24.2 Å². The SMILES string of the molecule is CNCc1cccc(CN2CCN(C3CC3)CC2)n1. The smallest absolute Gasteiger partial charge is 0.0547 e. The third-order valence-electron chi connectivity index (χ3n) is 4.08. The maximum atomic E-state index is 4.71. The largest absolute Gasteiger partial charge is 0.314 e. The van der Waals surface area contributed by atoms with E-state index < -0.39 is 0 Å². The zero-order valence-electron chi connectivity index (χ0n) is 11.8. The van der Waals surface area contributed by atoms with Gasteiger partial charge in [-0.1, -0.05) is 6.07 Å². The summed E-state index contributed by atoms with van der Waals surface area (Å²) >= 11 is 0. The molecule has 1 N–H and O–H groups in total. The van der Waals surface area contributed by atoms with Crippen molar-refractivity contribution < 1.29 is 0 Å². The van der Waals surface area contributed by atoms with E-state index in [1.165, 1.54) is 44.7 Å². The monoisotopic (exact) mass is 260 g/mol. The first-order chi connectivity index (χ1) is 9.35. The Kier molecular flexibility index (Phi) is 4.11.